The first-order chi connectivity index (χ1) is 8.87. The maximum Gasteiger partial charge on any atom is 0.187 e. The summed E-state index contributed by atoms with van der Waals surface area (Å²) in [5.74, 6) is 0.619. The highest BCUT2D eigenvalue weighted by Gasteiger charge is 2.41. The Morgan fingerprint density at radius 2 is 2.11 bits per heavy atom. The van der Waals surface area contributed by atoms with E-state index in [0.717, 1.165) is 25.9 Å². The third-order valence-corrected chi connectivity index (χ3v) is 6.53. The summed E-state index contributed by atoms with van der Waals surface area (Å²) in [5.41, 5.74) is 5.81. The van der Waals surface area contributed by atoms with Crippen molar-refractivity contribution in [3.05, 3.63) is 0 Å². The van der Waals surface area contributed by atoms with E-state index in [9.17, 15) is 8.42 Å². The Balaban J connectivity index is 2.41. The Morgan fingerprint density at radius 3 is 2.58 bits per heavy atom. The molecule has 108 valence electrons. The van der Waals surface area contributed by atoms with Crippen molar-refractivity contribution in [3.8, 4) is 0 Å². The molecule has 0 aromatic carbocycles. The molecule has 1 aromatic heterocycles. The summed E-state index contributed by atoms with van der Waals surface area (Å²) in [6.45, 7) is 7.81. The second-order valence-electron chi connectivity index (χ2n) is 5.38. The smallest absolute Gasteiger partial charge is 0.187 e. The SMILES string of the molecule is CCN(CC(C)C)c1snc(N)c1S(=O)(=O)C1CC1. The van der Waals surface area contributed by atoms with E-state index in [4.69, 9.17) is 5.73 Å². The fourth-order valence-corrected chi connectivity index (χ4v) is 5.20. The molecule has 5 nitrogen and oxygen atoms in total. The van der Waals surface area contributed by atoms with Crippen LogP contribution in [0.2, 0.25) is 0 Å². The van der Waals surface area contributed by atoms with Gasteiger partial charge in [0.1, 0.15) is 9.90 Å². The van der Waals surface area contributed by atoms with E-state index >= 15 is 0 Å². The van der Waals surface area contributed by atoms with Crippen molar-refractivity contribution < 1.29 is 8.42 Å². The summed E-state index contributed by atoms with van der Waals surface area (Å²) in [6, 6.07) is 0. The topological polar surface area (TPSA) is 76.3 Å². The Labute approximate surface area is 118 Å². The van der Waals surface area contributed by atoms with Crippen molar-refractivity contribution in [1.82, 2.24) is 4.37 Å². The minimum Gasteiger partial charge on any atom is -0.382 e. The molecule has 19 heavy (non-hydrogen) atoms. The molecule has 1 fully saturated rings. The Bertz CT molecular complexity index is 547. The number of aromatic nitrogens is 1. The lowest BCUT2D eigenvalue weighted by Gasteiger charge is -2.24. The molecular weight excluding hydrogens is 282 g/mol. The quantitative estimate of drug-likeness (QED) is 0.871. The van der Waals surface area contributed by atoms with Crippen LogP contribution in [-0.4, -0.2) is 31.1 Å². The monoisotopic (exact) mass is 303 g/mol. The molecule has 1 saturated carbocycles. The lowest BCUT2D eigenvalue weighted by atomic mass is 10.2. The molecule has 0 bridgehead atoms. The molecule has 2 rings (SSSR count). The van der Waals surface area contributed by atoms with Crippen LogP contribution in [0.25, 0.3) is 0 Å². The van der Waals surface area contributed by atoms with Gasteiger partial charge in [-0.25, -0.2) is 8.42 Å². The van der Waals surface area contributed by atoms with E-state index in [-0.39, 0.29) is 16.0 Å². The zero-order valence-corrected chi connectivity index (χ0v) is 13.2. The van der Waals surface area contributed by atoms with Gasteiger partial charge in [-0.2, -0.15) is 4.37 Å². The number of rotatable bonds is 6. The highest BCUT2D eigenvalue weighted by molar-refractivity contribution is 7.92. The van der Waals surface area contributed by atoms with Gasteiger partial charge in [0.05, 0.1) is 5.25 Å². The number of sulfone groups is 1. The van der Waals surface area contributed by atoms with Gasteiger partial charge < -0.3 is 10.6 Å². The molecular formula is C12H21N3O2S2. The molecule has 1 aliphatic rings. The molecule has 0 spiro atoms. The van der Waals surface area contributed by atoms with Gasteiger partial charge in [-0.1, -0.05) is 13.8 Å². The Morgan fingerprint density at radius 1 is 1.47 bits per heavy atom. The van der Waals surface area contributed by atoms with Gasteiger partial charge in [-0.3, -0.25) is 0 Å². The van der Waals surface area contributed by atoms with Gasteiger partial charge in [-0.05, 0) is 37.2 Å². The number of anilines is 2. The van der Waals surface area contributed by atoms with Crippen molar-refractivity contribution in [2.24, 2.45) is 5.92 Å². The van der Waals surface area contributed by atoms with Crippen molar-refractivity contribution >= 4 is 32.2 Å². The Kier molecular flexibility index (Phi) is 4.06. The van der Waals surface area contributed by atoms with Crippen molar-refractivity contribution in [1.29, 1.82) is 0 Å². The highest BCUT2D eigenvalue weighted by atomic mass is 32.2. The van der Waals surface area contributed by atoms with Crippen LogP contribution in [-0.2, 0) is 9.84 Å². The van der Waals surface area contributed by atoms with Crippen molar-refractivity contribution in [2.45, 2.75) is 43.8 Å². The van der Waals surface area contributed by atoms with Crippen LogP contribution in [0.4, 0.5) is 10.8 Å². The summed E-state index contributed by atoms with van der Waals surface area (Å²) in [6.07, 6.45) is 1.49. The molecule has 7 heteroatoms. The molecule has 0 saturated heterocycles. The zero-order valence-electron chi connectivity index (χ0n) is 11.6. The predicted octanol–water partition coefficient (Wildman–Crippen LogP) is 2.14. The minimum atomic E-state index is -3.29. The van der Waals surface area contributed by atoms with Crippen LogP contribution in [0.1, 0.15) is 33.6 Å². The number of nitrogens with two attached hydrogens (primary N) is 1. The molecule has 1 aromatic rings. The van der Waals surface area contributed by atoms with E-state index in [1.807, 2.05) is 6.92 Å². The second kappa shape index (κ2) is 5.28. The van der Waals surface area contributed by atoms with E-state index in [0.29, 0.717) is 10.9 Å². The first-order valence-corrected chi connectivity index (χ1v) is 8.93. The number of hydrogen-bond donors (Lipinski definition) is 1. The molecule has 0 radical (unpaired) electrons. The number of hydrogen-bond acceptors (Lipinski definition) is 6. The van der Waals surface area contributed by atoms with Gasteiger partial charge in [0.25, 0.3) is 0 Å². The van der Waals surface area contributed by atoms with E-state index in [1.165, 1.54) is 11.5 Å². The molecule has 0 amide bonds. The maximum atomic E-state index is 12.5. The van der Waals surface area contributed by atoms with Crippen LogP contribution in [0.3, 0.4) is 0 Å². The molecule has 0 aliphatic heterocycles. The first kappa shape index (κ1) is 14.6. The fourth-order valence-electron chi connectivity index (χ4n) is 2.10. The molecule has 1 aliphatic carbocycles. The lowest BCUT2D eigenvalue weighted by Crippen LogP contribution is -2.28. The van der Waals surface area contributed by atoms with Gasteiger partial charge in [0, 0.05) is 13.1 Å². The molecule has 0 atom stereocenters. The van der Waals surface area contributed by atoms with Gasteiger partial charge >= 0.3 is 0 Å². The summed E-state index contributed by atoms with van der Waals surface area (Å²) in [4.78, 5) is 2.33. The summed E-state index contributed by atoms with van der Waals surface area (Å²) < 4.78 is 29.0. The Hall–Kier alpha value is -0.820. The van der Waals surface area contributed by atoms with Crippen LogP contribution in [0.15, 0.2) is 4.90 Å². The van der Waals surface area contributed by atoms with Crippen molar-refractivity contribution in [3.63, 3.8) is 0 Å². The van der Waals surface area contributed by atoms with Crippen molar-refractivity contribution in [2.75, 3.05) is 23.7 Å². The highest BCUT2D eigenvalue weighted by Crippen LogP contribution is 2.42. The molecule has 2 N–H and O–H groups in total. The molecule has 0 unspecified atom stereocenters. The maximum absolute atomic E-state index is 12.5. The van der Waals surface area contributed by atoms with E-state index < -0.39 is 9.84 Å². The average Bonchev–Trinajstić information content (AvgIpc) is 3.10. The van der Waals surface area contributed by atoms with Crippen LogP contribution in [0, 0.1) is 5.92 Å². The normalized spacial score (nSPS) is 16.0. The van der Waals surface area contributed by atoms with E-state index in [2.05, 4.69) is 23.1 Å². The van der Waals surface area contributed by atoms with Crippen LogP contribution < -0.4 is 10.6 Å². The third kappa shape index (κ3) is 2.86. The summed E-state index contributed by atoms with van der Waals surface area (Å²) in [5, 5.41) is 0.461. The predicted molar refractivity (Wildman–Crippen MR) is 79.5 cm³/mol. The zero-order chi connectivity index (χ0) is 14.2. The fraction of sp³-hybridized carbons (Fsp3) is 0.750. The average molecular weight is 303 g/mol. The minimum absolute atomic E-state index is 0.161. The van der Waals surface area contributed by atoms with Gasteiger partial charge in [-0.15, -0.1) is 0 Å². The first-order valence-electron chi connectivity index (χ1n) is 6.61. The standard InChI is InChI=1S/C12H21N3O2S2/c1-4-15(7-8(2)3)12-10(11(13)14-18-12)19(16,17)9-5-6-9/h8-9H,4-7H2,1-3H3,(H2,13,14). The lowest BCUT2D eigenvalue weighted by molar-refractivity contribution is 0.592. The second-order valence-corrected chi connectivity index (χ2v) is 8.30. The summed E-state index contributed by atoms with van der Waals surface area (Å²) in [7, 11) is -3.29. The number of nitrogens with zero attached hydrogens (tertiary/aromatic N) is 2. The summed E-state index contributed by atoms with van der Waals surface area (Å²) >= 11 is 1.19. The number of nitrogen functional groups attached to an aromatic ring is 1. The molecule has 1 heterocycles. The third-order valence-electron chi connectivity index (χ3n) is 3.16. The van der Waals surface area contributed by atoms with E-state index in [1.54, 1.807) is 0 Å². The van der Waals surface area contributed by atoms with Crippen LogP contribution in [0.5, 0.6) is 0 Å². The van der Waals surface area contributed by atoms with Gasteiger partial charge in [0.2, 0.25) is 0 Å². The largest absolute Gasteiger partial charge is 0.382 e. The van der Waals surface area contributed by atoms with Crippen LogP contribution >= 0.6 is 11.5 Å². The van der Waals surface area contributed by atoms with Gasteiger partial charge in [0.15, 0.2) is 15.7 Å².